The lowest BCUT2D eigenvalue weighted by Gasteiger charge is -2.15. The van der Waals surface area contributed by atoms with Crippen molar-refractivity contribution in [2.24, 2.45) is 4.36 Å². The van der Waals surface area contributed by atoms with Gasteiger partial charge in [-0.2, -0.15) is 4.36 Å². The molecule has 0 saturated carbocycles. The molecule has 1 saturated heterocycles. The topological polar surface area (TPSA) is 58.5 Å². The standard InChI is InChI=1S/C8H16N2O2S/c1-2-3-8(11)10-13(12)6-4-9-5-7-13/h9H,2-7H2,1H3. The Balaban J connectivity index is 2.66. The maximum absolute atomic E-state index is 11.9. The van der Waals surface area contributed by atoms with Crippen LogP contribution in [0.5, 0.6) is 0 Å². The summed E-state index contributed by atoms with van der Waals surface area (Å²) in [4.78, 5) is 11.2. The van der Waals surface area contributed by atoms with Crippen LogP contribution < -0.4 is 5.32 Å². The van der Waals surface area contributed by atoms with Crippen molar-refractivity contribution in [3.63, 3.8) is 0 Å². The fraction of sp³-hybridized carbons (Fsp3) is 0.875. The van der Waals surface area contributed by atoms with Crippen LogP contribution in [0, 0.1) is 0 Å². The molecule has 1 aliphatic rings. The van der Waals surface area contributed by atoms with Crippen LogP contribution in [0.15, 0.2) is 4.36 Å². The normalized spacial score (nSPS) is 21.0. The van der Waals surface area contributed by atoms with Gasteiger partial charge in [-0.3, -0.25) is 4.79 Å². The molecule has 0 aliphatic carbocycles. The van der Waals surface area contributed by atoms with E-state index in [1.54, 1.807) is 0 Å². The van der Waals surface area contributed by atoms with Gasteiger partial charge in [-0.05, 0) is 6.42 Å². The number of carbonyl (C=O) groups excluding carboxylic acids is 1. The van der Waals surface area contributed by atoms with E-state index in [4.69, 9.17) is 0 Å². The van der Waals surface area contributed by atoms with Crippen LogP contribution >= 0.6 is 0 Å². The molecule has 4 nitrogen and oxygen atoms in total. The van der Waals surface area contributed by atoms with Crippen molar-refractivity contribution in [1.29, 1.82) is 0 Å². The van der Waals surface area contributed by atoms with Crippen LogP contribution in [0.3, 0.4) is 0 Å². The summed E-state index contributed by atoms with van der Waals surface area (Å²) >= 11 is 0. The lowest BCUT2D eigenvalue weighted by atomic mass is 10.3. The number of carbonyl (C=O) groups is 1. The van der Waals surface area contributed by atoms with Gasteiger partial charge in [0.2, 0.25) is 0 Å². The van der Waals surface area contributed by atoms with Crippen LogP contribution in [-0.2, 0) is 14.5 Å². The minimum atomic E-state index is -2.20. The SMILES string of the molecule is CCCC(=O)N=S1(=O)CCNCC1. The Kier molecular flexibility index (Phi) is 3.87. The van der Waals surface area contributed by atoms with E-state index in [1.165, 1.54) is 0 Å². The zero-order chi connectivity index (χ0) is 9.73. The highest BCUT2D eigenvalue weighted by molar-refractivity contribution is 7.94. The van der Waals surface area contributed by atoms with Crippen molar-refractivity contribution in [2.45, 2.75) is 19.8 Å². The van der Waals surface area contributed by atoms with Crippen LogP contribution in [-0.4, -0.2) is 34.7 Å². The van der Waals surface area contributed by atoms with Gasteiger partial charge in [0.15, 0.2) is 0 Å². The van der Waals surface area contributed by atoms with E-state index in [0.29, 0.717) is 31.0 Å². The Morgan fingerprint density at radius 3 is 2.62 bits per heavy atom. The largest absolute Gasteiger partial charge is 0.315 e. The van der Waals surface area contributed by atoms with Gasteiger partial charge in [0.05, 0.1) is 9.73 Å². The van der Waals surface area contributed by atoms with Gasteiger partial charge in [-0.1, -0.05) is 6.92 Å². The molecule has 1 rings (SSSR count). The number of nitrogens with zero attached hydrogens (tertiary/aromatic N) is 1. The number of nitrogens with one attached hydrogen (secondary N) is 1. The summed E-state index contributed by atoms with van der Waals surface area (Å²) in [7, 11) is -2.20. The summed E-state index contributed by atoms with van der Waals surface area (Å²) in [6, 6.07) is 0. The molecule has 5 heteroatoms. The summed E-state index contributed by atoms with van der Waals surface area (Å²) < 4.78 is 15.7. The molecular formula is C8H16N2O2S. The van der Waals surface area contributed by atoms with Crippen LogP contribution in [0.1, 0.15) is 19.8 Å². The van der Waals surface area contributed by atoms with Gasteiger partial charge in [0.1, 0.15) is 0 Å². The third-order valence-electron chi connectivity index (χ3n) is 1.93. The Hall–Kier alpha value is -0.420. The van der Waals surface area contributed by atoms with E-state index < -0.39 is 9.73 Å². The summed E-state index contributed by atoms with van der Waals surface area (Å²) in [5.74, 6) is 0.833. The molecule has 1 fully saturated rings. The quantitative estimate of drug-likeness (QED) is 0.707. The first kappa shape index (κ1) is 10.7. The molecule has 0 atom stereocenters. The summed E-state index contributed by atoms with van der Waals surface area (Å²) in [6.45, 7) is 3.34. The lowest BCUT2D eigenvalue weighted by Crippen LogP contribution is -2.36. The molecule has 0 bridgehead atoms. The van der Waals surface area contributed by atoms with E-state index in [1.807, 2.05) is 6.92 Å². The van der Waals surface area contributed by atoms with E-state index >= 15 is 0 Å². The van der Waals surface area contributed by atoms with Gasteiger partial charge < -0.3 is 5.32 Å². The fourth-order valence-corrected chi connectivity index (χ4v) is 3.00. The second-order valence-electron chi connectivity index (χ2n) is 3.17. The maximum atomic E-state index is 11.9. The fourth-order valence-electron chi connectivity index (χ4n) is 1.23. The van der Waals surface area contributed by atoms with E-state index in [9.17, 15) is 9.00 Å². The average Bonchev–Trinajstić information content (AvgIpc) is 2.04. The Morgan fingerprint density at radius 1 is 1.46 bits per heavy atom. The average molecular weight is 204 g/mol. The molecule has 0 aromatic heterocycles. The number of rotatable bonds is 2. The Bertz CT molecular complexity index is 281. The van der Waals surface area contributed by atoms with Crippen molar-refractivity contribution >= 4 is 15.6 Å². The second-order valence-corrected chi connectivity index (χ2v) is 5.71. The molecule has 0 spiro atoms. The number of hydrogen-bond donors (Lipinski definition) is 1. The van der Waals surface area contributed by atoms with Crippen molar-refractivity contribution in [3.05, 3.63) is 0 Å². The van der Waals surface area contributed by atoms with Crippen LogP contribution in [0.4, 0.5) is 0 Å². The molecule has 0 aromatic rings. The highest BCUT2D eigenvalue weighted by atomic mass is 32.2. The zero-order valence-electron chi connectivity index (χ0n) is 7.91. The van der Waals surface area contributed by atoms with E-state index in [2.05, 4.69) is 9.68 Å². The molecule has 0 radical (unpaired) electrons. The van der Waals surface area contributed by atoms with Gasteiger partial charge in [0, 0.05) is 31.0 Å². The molecule has 76 valence electrons. The van der Waals surface area contributed by atoms with Gasteiger partial charge in [-0.25, -0.2) is 4.21 Å². The third kappa shape index (κ3) is 3.44. The summed E-state index contributed by atoms with van der Waals surface area (Å²) in [6.07, 6.45) is 1.19. The van der Waals surface area contributed by atoms with Crippen molar-refractivity contribution in [2.75, 3.05) is 24.6 Å². The van der Waals surface area contributed by atoms with Crippen molar-refractivity contribution in [3.8, 4) is 0 Å². The molecule has 1 aliphatic heterocycles. The third-order valence-corrected chi connectivity index (χ3v) is 4.15. The smallest absolute Gasteiger partial charge is 0.253 e. The molecule has 1 amide bonds. The lowest BCUT2D eigenvalue weighted by molar-refractivity contribution is -0.117. The maximum Gasteiger partial charge on any atom is 0.253 e. The molecule has 1 heterocycles. The first-order chi connectivity index (χ1) is 6.16. The number of amides is 1. The monoisotopic (exact) mass is 204 g/mol. The van der Waals surface area contributed by atoms with Gasteiger partial charge in [0.25, 0.3) is 5.91 Å². The molecule has 13 heavy (non-hydrogen) atoms. The summed E-state index contributed by atoms with van der Waals surface area (Å²) in [5.41, 5.74) is 0. The Labute approximate surface area is 79.3 Å². The van der Waals surface area contributed by atoms with Crippen LogP contribution in [0.2, 0.25) is 0 Å². The molecule has 1 N–H and O–H groups in total. The van der Waals surface area contributed by atoms with Crippen molar-refractivity contribution in [1.82, 2.24) is 5.32 Å². The van der Waals surface area contributed by atoms with Gasteiger partial charge in [-0.15, -0.1) is 0 Å². The summed E-state index contributed by atoms with van der Waals surface area (Å²) in [5, 5.41) is 3.09. The number of hydrogen-bond acceptors (Lipinski definition) is 3. The second kappa shape index (κ2) is 4.72. The predicted octanol–water partition coefficient (Wildman–Crippen LogP) is 0.384. The van der Waals surface area contributed by atoms with Crippen molar-refractivity contribution < 1.29 is 9.00 Å². The minimum absolute atomic E-state index is 0.200. The highest BCUT2D eigenvalue weighted by Crippen LogP contribution is 2.02. The first-order valence-corrected chi connectivity index (χ1v) is 6.48. The minimum Gasteiger partial charge on any atom is -0.315 e. The highest BCUT2D eigenvalue weighted by Gasteiger charge is 2.15. The zero-order valence-corrected chi connectivity index (χ0v) is 8.73. The Morgan fingerprint density at radius 2 is 2.08 bits per heavy atom. The van der Waals surface area contributed by atoms with Crippen LogP contribution in [0.25, 0.3) is 0 Å². The van der Waals surface area contributed by atoms with E-state index in [-0.39, 0.29) is 5.91 Å². The predicted molar refractivity (Wildman–Crippen MR) is 53.1 cm³/mol. The van der Waals surface area contributed by atoms with Gasteiger partial charge >= 0.3 is 0 Å². The molecule has 0 aromatic carbocycles. The van der Waals surface area contributed by atoms with E-state index in [0.717, 1.165) is 6.42 Å². The first-order valence-electron chi connectivity index (χ1n) is 4.62. The molecule has 0 unspecified atom stereocenters. The molecular weight excluding hydrogens is 188 g/mol.